The average molecular weight is 311 g/mol. The van der Waals surface area contributed by atoms with Gasteiger partial charge in [0.05, 0.1) is 17.6 Å². The summed E-state index contributed by atoms with van der Waals surface area (Å²) in [6, 6.07) is 6.85. The Balaban J connectivity index is 2.94. The van der Waals surface area contributed by atoms with Crippen molar-refractivity contribution in [1.82, 2.24) is 4.90 Å². The van der Waals surface area contributed by atoms with E-state index in [2.05, 4.69) is 22.0 Å². The summed E-state index contributed by atoms with van der Waals surface area (Å²) in [5.41, 5.74) is 0.255. The summed E-state index contributed by atoms with van der Waals surface area (Å²) < 4.78 is 0.713. The lowest BCUT2D eigenvalue weighted by molar-refractivity contribution is 0.0749. The number of phenolic OH excluding ortho intramolecular Hbond substituents is 1. The molecule has 1 N–H and O–H groups in total. The molecule has 0 aliphatic rings. The van der Waals surface area contributed by atoms with Crippen LogP contribution in [0.1, 0.15) is 24.2 Å². The zero-order valence-corrected chi connectivity index (χ0v) is 11.9. The van der Waals surface area contributed by atoms with E-state index >= 15 is 0 Å². The van der Waals surface area contributed by atoms with Crippen LogP contribution >= 0.6 is 15.9 Å². The molecule has 0 bridgehead atoms. The highest BCUT2D eigenvalue weighted by molar-refractivity contribution is 9.10. The lowest BCUT2D eigenvalue weighted by atomic mass is 10.1. The molecule has 1 amide bonds. The summed E-state index contributed by atoms with van der Waals surface area (Å²) in [4.78, 5) is 13.8. The highest BCUT2D eigenvalue weighted by Gasteiger charge is 2.19. The second kappa shape index (κ2) is 6.41. The van der Waals surface area contributed by atoms with Gasteiger partial charge in [0.1, 0.15) is 5.75 Å². The summed E-state index contributed by atoms with van der Waals surface area (Å²) in [5, 5.41) is 18.5. The van der Waals surface area contributed by atoms with E-state index in [-0.39, 0.29) is 23.1 Å². The molecule has 0 aromatic heterocycles. The van der Waals surface area contributed by atoms with Crippen LogP contribution < -0.4 is 0 Å². The number of hydrogen-bond acceptors (Lipinski definition) is 3. The minimum atomic E-state index is -0.260. The van der Waals surface area contributed by atoms with E-state index in [4.69, 9.17) is 5.26 Å². The smallest absolute Gasteiger partial charge is 0.257 e. The number of amides is 1. The van der Waals surface area contributed by atoms with Crippen molar-refractivity contribution in [2.45, 2.75) is 13.8 Å². The minimum Gasteiger partial charge on any atom is -0.507 e. The molecule has 0 heterocycles. The van der Waals surface area contributed by atoms with Gasteiger partial charge in [-0.2, -0.15) is 5.26 Å². The normalized spacial score (nSPS) is 11.7. The zero-order valence-electron chi connectivity index (χ0n) is 10.4. The molecule has 18 heavy (non-hydrogen) atoms. The number of halogens is 1. The average Bonchev–Trinajstić information content (AvgIpc) is 2.34. The highest BCUT2D eigenvalue weighted by atomic mass is 79.9. The molecule has 0 aliphatic heterocycles. The quantitative estimate of drug-likeness (QED) is 0.930. The first-order chi connectivity index (χ1) is 8.49. The van der Waals surface area contributed by atoms with Crippen molar-refractivity contribution in [2.24, 2.45) is 5.92 Å². The first kappa shape index (κ1) is 14.5. The van der Waals surface area contributed by atoms with E-state index in [1.54, 1.807) is 24.0 Å². The summed E-state index contributed by atoms with van der Waals surface area (Å²) >= 11 is 3.22. The molecule has 1 atom stereocenters. The fraction of sp³-hybridized carbons (Fsp3) is 0.385. The molecule has 0 spiro atoms. The molecule has 0 saturated carbocycles. The van der Waals surface area contributed by atoms with E-state index in [1.165, 1.54) is 6.07 Å². The van der Waals surface area contributed by atoms with Crippen molar-refractivity contribution in [1.29, 1.82) is 5.26 Å². The molecule has 5 heteroatoms. The van der Waals surface area contributed by atoms with Crippen LogP contribution in [-0.4, -0.2) is 29.0 Å². The second-order valence-electron chi connectivity index (χ2n) is 4.04. The number of phenols is 1. The van der Waals surface area contributed by atoms with Crippen molar-refractivity contribution >= 4 is 21.8 Å². The van der Waals surface area contributed by atoms with Gasteiger partial charge in [-0.15, -0.1) is 0 Å². The Morgan fingerprint density at radius 2 is 2.28 bits per heavy atom. The van der Waals surface area contributed by atoms with Crippen LogP contribution in [0.2, 0.25) is 0 Å². The molecule has 1 aromatic rings. The molecule has 1 unspecified atom stereocenters. The number of carbonyl (C=O) groups is 1. The van der Waals surface area contributed by atoms with Gasteiger partial charge in [0.25, 0.3) is 5.91 Å². The van der Waals surface area contributed by atoms with Crippen LogP contribution in [-0.2, 0) is 0 Å². The Morgan fingerprint density at radius 1 is 1.61 bits per heavy atom. The number of hydrogen-bond donors (Lipinski definition) is 1. The van der Waals surface area contributed by atoms with Crippen LogP contribution in [0.25, 0.3) is 0 Å². The lowest BCUT2D eigenvalue weighted by Gasteiger charge is -2.22. The summed E-state index contributed by atoms with van der Waals surface area (Å²) in [5.74, 6) is -0.548. The van der Waals surface area contributed by atoms with Gasteiger partial charge in [0, 0.05) is 17.6 Å². The van der Waals surface area contributed by atoms with Crippen molar-refractivity contribution in [3.63, 3.8) is 0 Å². The van der Waals surface area contributed by atoms with Gasteiger partial charge in [-0.05, 0) is 32.0 Å². The van der Waals surface area contributed by atoms with Crippen LogP contribution in [0.5, 0.6) is 5.75 Å². The lowest BCUT2D eigenvalue weighted by Crippen LogP contribution is -2.34. The van der Waals surface area contributed by atoms with Crippen LogP contribution in [0.3, 0.4) is 0 Å². The monoisotopic (exact) mass is 310 g/mol. The maximum absolute atomic E-state index is 12.2. The molecule has 1 rings (SSSR count). The third-order valence-electron chi connectivity index (χ3n) is 2.57. The highest BCUT2D eigenvalue weighted by Crippen LogP contribution is 2.23. The van der Waals surface area contributed by atoms with E-state index in [9.17, 15) is 9.90 Å². The Hall–Kier alpha value is -1.54. The number of rotatable bonds is 4. The first-order valence-electron chi connectivity index (χ1n) is 5.67. The SMILES string of the molecule is CCN(CC(C)C#N)C(=O)c1ccc(Br)cc1O. The molecule has 0 aliphatic carbocycles. The van der Waals surface area contributed by atoms with E-state index in [0.29, 0.717) is 17.6 Å². The maximum Gasteiger partial charge on any atom is 0.257 e. The van der Waals surface area contributed by atoms with Crippen LogP contribution in [0.15, 0.2) is 22.7 Å². The standard InChI is InChI=1S/C13H15BrN2O2/c1-3-16(8-9(2)7-15)13(18)11-5-4-10(14)6-12(11)17/h4-6,9,17H,3,8H2,1-2H3. The Bertz CT molecular complexity index is 482. The first-order valence-corrected chi connectivity index (χ1v) is 6.46. The van der Waals surface area contributed by atoms with Gasteiger partial charge < -0.3 is 10.0 Å². The molecule has 96 valence electrons. The van der Waals surface area contributed by atoms with Crippen molar-refractivity contribution in [3.8, 4) is 11.8 Å². The molecular weight excluding hydrogens is 296 g/mol. The predicted molar refractivity (Wildman–Crippen MR) is 72.2 cm³/mol. The molecular formula is C13H15BrN2O2. The van der Waals surface area contributed by atoms with Gasteiger partial charge in [0.2, 0.25) is 0 Å². The topological polar surface area (TPSA) is 64.3 Å². The molecule has 4 nitrogen and oxygen atoms in total. The number of benzene rings is 1. The van der Waals surface area contributed by atoms with E-state index in [1.807, 2.05) is 6.92 Å². The number of carbonyl (C=O) groups excluding carboxylic acids is 1. The third-order valence-corrected chi connectivity index (χ3v) is 3.07. The molecule has 0 saturated heterocycles. The summed E-state index contributed by atoms with van der Waals surface area (Å²) in [7, 11) is 0. The van der Waals surface area contributed by atoms with Gasteiger partial charge in [-0.1, -0.05) is 15.9 Å². The number of nitrogens with zero attached hydrogens (tertiary/aromatic N) is 2. The van der Waals surface area contributed by atoms with Crippen molar-refractivity contribution in [3.05, 3.63) is 28.2 Å². The van der Waals surface area contributed by atoms with Crippen LogP contribution in [0.4, 0.5) is 0 Å². The minimum absolute atomic E-state index is 0.0579. The van der Waals surface area contributed by atoms with Crippen molar-refractivity contribution in [2.75, 3.05) is 13.1 Å². The second-order valence-corrected chi connectivity index (χ2v) is 4.95. The number of aromatic hydroxyl groups is 1. The fourth-order valence-electron chi connectivity index (χ4n) is 1.58. The predicted octanol–water partition coefficient (Wildman–Crippen LogP) is 2.78. The Labute approximate surface area is 115 Å². The van der Waals surface area contributed by atoms with E-state index in [0.717, 1.165) is 0 Å². The van der Waals surface area contributed by atoms with Gasteiger partial charge in [0.15, 0.2) is 0 Å². The molecule has 0 radical (unpaired) electrons. The summed E-state index contributed by atoms with van der Waals surface area (Å²) in [6.45, 7) is 4.47. The van der Waals surface area contributed by atoms with Gasteiger partial charge >= 0.3 is 0 Å². The van der Waals surface area contributed by atoms with Crippen LogP contribution in [0, 0.1) is 17.2 Å². The Morgan fingerprint density at radius 3 is 2.78 bits per heavy atom. The van der Waals surface area contributed by atoms with Gasteiger partial charge in [-0.3, -0.25) is 4.79 Å². The van der Waals surface area contributed by atoms with Crippen molar-refractivity contribution < 1.29 is 9.90 Å². The maximum atomic E-state index is 12.2. The zero-order chi connectivity index (χ0) is 13.7. The third kappa shape index (κ3) is 3.47. The Kier molecular flexibility index (Phi) is 5.17. The molecule has 1 aromatic carbocycles. The van der Waals surface area contributed by atoms with E-state index < -0.39 is 0 Å². The summed E-state index contributed by atoms with van der Waals surface area (Å²) in [6.07, 6.45) is 0. The fourth-order valence-corrected chi connectivity index (χ4v) is 1.93. The molecule has 0 fully saturated rings. The largest absolute Gasteiger partial charge is 0.507 e. The number of nitriles is 1. The van der Waals surface area contributed by atoms with Gasteiger partial charge in [-0.25, -0.2) is 0 Å².